The number of methoxy groups -OCH3 is 1. The molecule has 2 aromatic rings. The van der Waals surface area contributed by atoms with E-state index in [4.69, 9.17) is 4.74 Å². The number of nitrogens with zero attached hydrogens (tertiary/aromatic N) is 1. The van der Waals surface area contributed by atoms with Crippen LogP contribution >= 0.6 is 0 Å². The third-order valence-corrected chi connectivity index (χ3v) is 4.98. The van der Waals surface area contributed by atoms with Crippen molar-refractivity contribution in [3.63, 3.8) is 0 Å². The molecule has 0 spiro atoms. The minimum atomic E-state index is -0.614. The third-order valence-electron chi connectivity index (χ3n) is 4.98. The van der Waals surface area contributed by atoms with E-state index in [1.54, 1.807) is 24.1 Å². The lowest BCUT2D eigenvalue weighted by atomic mass is 9.93. The second-order valence-corrected chi connectivity index (χ2v) is 6.52. The molecule has 5 nitrogen and oxygen atoms in total. The van der Waals surface area contributed by atoms with Crippen molar-refractivity contribution >= 4 is 17.5 Å². The van der Waals surface area contributed by atoms with Crippen molar-refractivity contribution < 1.29 is 14.3 Å². The van der Waals surface area contributed by atoms with Crippen LogP contribution in [0.2, 0.25) is 0 Å². The van der Waals surface area contributed by atoms with Crippen LogP contribution < -0.4 is 10.1 Å². The summed E-state index contributed by atoms with van der Waals surface area (Å²) in [6, 6.07) is 19.2. The van der Waals surface area contributed by atoms with Gasteiger partial charge in [-0.15, -0.1) is 0 Å². The number of hydrogen-bond donors (Lipinski definition) is 1. The van der Waals surface area contributed by atoms with Gasteiger partial charge in [0, 0.05) is 18.7 Å². The van der Waals surface area contributed by atoms with Gasteiger partial charge >= 0.3 is 0 Å². The highest BCUT2D eigenvalue weighted by molar-refractivity contribution is 6.02. The van der Waals surface area contributed by atoms with Crippen molar-refractivity contribution in [3.05, 3.63) is 60.7 Å². The first-order chi connectivity index (χ1) is 12.7. The van der Waals surface area contributed by atoms with Gasteiger partial charge in [-0.1, -0.05) is 36.4 Å². The van der Waals surface area contributed by atoms with Gasteiger partial charge in [0.25, 0.3) is 0 Å². The molecule has 26 heavy (non-hydrogen) atoms. The zero-order valence-corrected chi connectivity index (χ0v) is 15.0. The quantitative estimate of drug-likeness (QED) is 0.920. The summed E-state index contributed by atoms with van der Waals surface area (Å²) in [5.74, 6) is 0.790. The minimum Gasteiger partial charge on any atom is -0.497 e. The SMILES string of the molecule is COc1ccc(NC(=O)[C@]23CCCN2C(=O)CC3)cc1.c1ccccc1. The highest BCUT2D eigenvalue weighted by Crippen LogP contribution is 2.40. The lowest BCUT2D eigenvalue weighted by Crippen LogP contribution is -2.50. The van der Waals surface area contributed by atoms with Crippen LogP contribution in [0.5, 0.6) is 5.75 Å². The van der Waals surface area contributed by atoms with Gasteiger partial charge < -0.3 is 15.0 Å². The van der Waals surface area contributed by atoms with Gasteiger partial charge in [-0.25, -0.2) is 0 Å². The van der Waals surface area contributed by atoms with Gasteiger partial charge in [0.15, 0.2) is 0 Å². The van der Waals surface area contributed by atoms with Crippen LogP contribution in [0.1, 0.15) is 25.7 Å². The summed E-state index contributed by atoms with van der Waals surface area (Å²) in [7, 11) is 1.60. The second-order valence-electron chi connectivity index (χ2n) is 6.52. The van der Waals surface area contributed by atoms with Crippen LogP contribution in [0, 0.1) is 0 Å². The lowest BCUT2D eigenvalue weighted by molar-refractivity contribution is -0.136. The number of nitrogens with one attached hydrogen (secondary N) is 1. The van der Waals surface area contributed by atoms with E-state index in [9.17, 15) is 9.59 Å². The molecule has 0 unspecified atom stereocenters. The van der Waals surface area contributed by atoms with Gasteiger partial charge in [0.1, 0.15) is 11.3 Å². The molecular weight excluding hydrogens is 328 g/mol. The number of rotatable bonds is 3. The Morgan fingerprint density at radius 1 is 1.04 bits per heavy atom. The summed E-state index contributed by atoms with van der Waals surface area (Å²) in [5.41, 5.74) is 0.119. The lowest BCUT2D eigenvalue weighted by Gasteiger charge is -2.30. The Labute approximate surface area is 154 Å². The third kappa shape index (κ3) is 3.72. The summed E-state index contributed by atoms with van der Waals surface area (Å²) in [6.07, 6.45) is 2.78. The summed E-state index contributed by atoms with van der Waals surface area (Å²) in [5, 5.41) is 2.93. The van der Waals surface area contributed by atoms with Crippen molar-refractivity contribution in [2.45, 2.75) is 31.2 Å². The molecule has 2 saturated heterocycles. The number of benzene rings is 2. The number of anilines is 1. The molecule has 2 aliphatic heterocycles. The number of ether oxygens (including phenoxy) is 1. The fraction of sp³-hybridized carbons (Fsp3) is 0.333. The van der Waals surface area contributed by atoms with Crippen molar-refractivity contribution in [2.75, 3.05) is 19.0 Å². The number of hydrogen-bond acceptors (Lipinski definition) is 3. The number of fused-ring (bicyclic) bond motifs is 1. The van der Waals surface area contributed by atoms with Crippen LogP contribution in [-0.2, 0) is 9.59 Å². The molecule has 1 N–H and O–H groups in total. The molecule has 0 aliphatic carbocycles. The monoisotopic (exact) mass is 352 g/mol. The Bertz CT molecular complexity index is 719. The van der Waals surface area contributed by atoms with E-state index in [2.05, 4.69) is 5.32 Å². The molecular formula is C21H24N2O3. The molecule has 0 bridgehead atoms. The Kier molecular flexibility index (Phi) is 5.56. The van der Waals surface area contributed by atoms with E-state index in [1.165, 1.54) is 0 Å². The highest BCUT2D eigenvalue weighted by Gasteiger charge is 2.53. The molecule has 0 aromatic heterocycles. The smallest absolute Gasteiger partial charge is 0.250 e. The maximum atomic E-state index is 12.6. The van der Waals surface area contributed by atoms with Gasteiger partial charge in [0.05, 0.1) is 7.11 Å². The Morgan fingerprint density at radius 2 is 1.65 bits per heavy atom. The van der Waals surface area contributed by atoms with E-state index in [0.29, 0.717) is 19.4 Å². The second kappa shape index (κ2) is 8.04. The van der Waals surface area contributed by atoms with E-state index in [1.807, 2.05) is 48.5 Å². The number of carbonyl (C=O) groups excluding carboxylic acids is 2. The standard InChI is InChI=1S/C15H18N2O3.C6H6/c1-20-12-5-3-11(4-6-12)16-14(19)15-8-2-10-17(15)13(18)7-9-15;1-2-4-6-5-3-1/h3-6H,2,7-10H2,1H3,(H,16,19);1-6H/t15-;/m1./s1. The van der Waals surface area contributed by atoms with Crippen LogP contribution in [0.25, 0.3) is 0 Å². The molecule has 1 atom stereocenters. The van der Waals surface area contributed by atoms with Crippen molar-refractivity contribution in [3.8, 4) is 5.75 Å². The summed E-state index contributed by atoms with van der Waals surface area (Å²) in [4.78, 5) is 26.2. The predicted octanol–water partition coefficient (Wildman–Crippen LogP) is 3.48. The molecule has 2 aliphatic rings. The Morgan fingerprint density at radius 3 is 2.23 bits per heavy atom. The average Bonchev–Trinajstić information content (AvgIpc) is 3.26. The van der Waals surface area contributed by atoms with Crippen LogP contribution in [-0.4, -0.2) is 35.9 Å². The van der Waals surface area contributed by atoms with Crippen LogP contribution in [0.4, 0.5) is 5.69 Å². The zero-order chi connectivity index (χ0) is 18.4. The van der Waals surface area contributed by atoms with Gasteiger partial charge in [-0.3, -0.25) is 9.59 Å². The van der Waals surface area contributed by atoms with E-state index < -0.39 is 5.54 Å². The van der Waals surface area contributed by atoms with Gasteiger partial charge in [0.2, 0.25) is 11.8 Å². The summed E-state index contributed by atoms with van der Waals surface area (Å²) in [6.45, 7) is 0.703. The van der Waals surface area contributed by atoms with Crippen LogP contribution in [0.3, 0.4) is 0 Å². The largest absolute Gasteiger partial charge is 0.497 e. The van der Waals surface area contributed by atoms with Crippen molar-refractivity contribution in [1.29, 1.82) is 0 Å². The fourth-order valence-corrected chi connectivity index (χ4v) is 3.61. The van der Waals surface area contributed by atoms with E-state index in [-0.39, 0.29) is 11.8 Å². The highest BCUT2D eigenvalue weighted by atomic mass is 16.5. The summed E-state index contributed by atoms with van der Waals surface area (Å²) < 4.78 is 5.09. The van der Waals surface area contributed by atoms with Gasteiger partial charge in [-0.2, -0.15) is 0 Å². The molecule has 2 amide bonds. The first-order valence-corrected chi connectivity index (χ1v) is 8.92. The molecule has 0 saturated carbocycles. The van der Waals surface area contributed by atoms with E-state index in [0.717, 1.165) is 24.3 Å². The molecule has 4 rings (SSSR count). The number of amides is 2. The molecule has 5 heteroatoms. The first kappa shape index (κ1) is 18.0. The maximum absolute atomic E-state index is 12.6. The predicted molar refractivity (Wildman–Crippen MR) is 101 cm³/mol. The molecule has 2 heterocycles. The van der Waals surface area contributed by atoms with Crippen LogP contribution in [0.15, 0.2) is 60.7 Å². The molecule has 2 fully saturated rings. The zero-order valence-electron chi connectivity index (χ0n) is 15.0. The molecule has 136 valence electrons. The normalized spacial score (nSPS) is 20.8. The van der Waals surface area contributed by atoms with Crippen molar-refractivity contribution in [2.24, 2.45) is 0 Å². The van der Waals surface area contributed by atoms with E-state index >= 15 is 0 Å². The summed E-state index contributed by atoms with van der Waals surface area (Å²) >= 11 is 0. The number of carbonyl (C=O) groups is 2. The molecule has 2 aromatic carbocycles. The van der Waals surface area contributed by atoms with Crippen molar-refractivity contribution in [1.82, 2.24) is 4.90 Å². The Balaban J connectivity index is 0.000000278. The minimum absolute atomic E-state index is 0.0639. The maximum Gasteiger partial charge on any atom is 0.250 e. The average molecular weight is 352 g/mol. The fourth-order valence-electron chi connectivity index (χ4n) is 3.61. The first-order valence-electron chi connectivity index (χ1n) is 8.92. The molecule has 0 radical (unpaired) electrons. The topological polar surface area (TPSA) is 58.6 Å². The Hall–Kier alpha value is -2.82. The van der Waals surface area contributed by atoms with Gasteiger partial charge in [-0.05, 0) is 43.5 Å².